The van der Waals surface area contributed by atoms with E-state index in [1.165, 1.54) is 0 Å². The van der Waals surface area contributed by atoms with E-state index in [0.29, 0.717) is 0 Å². The molecule has 48 valence electrons. The average Bonchev–Trinajstić information content (AvgIpc) is 1.83. The third kappa shape index (κ3) is 0.883. The van der Waals surface area contributed by atoms with Crippen molar-refractivity contribution in [3.8, 4) is 0 Å². The van der Waals surface area contributed by atoms with Crippen LogP contribution < -0.4 is 10.5 Å². The first-order valence-corrected chi connectivity index (χ1v) is 2.20. The molecular formula is C4H4FN3O. The van der Waals surface area contributed by atoms with Crippen molar-refractivity contribution in [3.05, 3.63) is 23.5 Å². The van der Waals surface area contributed by atoms with E-state index in [9.17, 15) is 9.60 Å². The first kappa shape index (κ1) is 5.74. The molecule has 0 spiro atoms. The van der Waals surface area contributed by atoms with Gasteiger partial charge in [0.05, 0.1) is 0 Å². The van der Waals surface area contributed by atoms with Gasteiger partial charge in [-0.05, 0) is 0 Å². The molecule has 5 heteroatoms. The highest BCUT2D eigenvalue weighted by Crippen LogP contribution is 1.97. The molecule has 0 aliphatic rings. The van der Waals surface area contributed by atoms with Crippen molar-refractivity contribution in [1.82, 2.24) is 4.98 Å². The number of hydrogen-bond donors (Lipinski definition) is 1. The Kier molecular flexibility index (Phi) is 1.18. The van der Waals surface area contributed by atoms with E-state index in [1.54, 1.807) is 0 Å². The standard InChI is InChI=1S/C4H4FN3O/c5-3-1-7-2-8(9)4(3)6/h1-2H,6H2. The molecule has 0 radical (unpaired) electrons. The molecule has 1 aromatic heterocycles. The highest BCUT2D eigenvalue weighted by atomic mass is 19.1. The van der Waals surface area contributed by atoms with Crippen molar-refractivity contribution in [3.63, 3.8) is 0 Å². The molecule has 1 rings (SSSR count). The van der Waals surface area contributed by atoms with Gasteiger partial charge >= 0.3 is 0 Å². The summed E-state index contributed by atoms with van der Waals surface area (Å²) in [6.45, 7) is 0. The number of nitrogens with zero attached hydrogens (tertiary/aromatic N) is 2. The monoisotopic (exact) mass is 129 g/mol. The fourth-order valence-corrected chi connectivity index (χ4v) is 0.393. The SMILES string of the molecule is Nc1c(F)cnc[n+]1[O-]. The van der Waals surface area contributed by atoms with Crippen LogP contribution in [0.15, 0.2) is 12.5 Å². The smallest absolute Gasteiger partial charge is 0.259 e. The van der Waals surface area contributed by atoms with E-state index in [1.807, 2.05) is 0 Å². The lowest BCUT2D eigenvalue weighted by molar-refractivity contribution is -0.594. The second kappa shape index (κ2) is 1.85. The predicted molar refractivity (Wildman–Crippen MR) is 27.6 cm³/mol. The molecule has 1 aromatic rings. The summed E-state index contributed by atoms with van der Waals surface area (Å²) in [5.74, 6) is -1.25. The minimum absolute atomic E-state index is 0.162. The summed E-state index contributed by atoms with van der Waals surface area (Å²) in [6, 6.07) is 0. The molecule has 0 aliphatic carbocycles. The van der Waals surface area contributed by atoms with Crippen molar-refractivity contribution in [2.45, 2.75) is 0 Å². The van der Waals surface area contributed by atoms with Crippen LogP contribution in [-0.2, 0) is 0 Å². The maximum absolute atomic E-state index is 12.2. The van der Waals surface area contributed by atoms with Crippen LogP contribution in [-0.4, -0.2) is 4.98 Å². The van der Waals surface area contributed by atoms with Gasteiger partial charge in [0.15, 0.2) is 0 Å². The lowest BCUT2D eigenvalue weighted by atomic mass is 10.6. The fourth-order valence-electron chi connectivity index (χ4n) is 0.393. The third-order valence-electron chi connectivity index (χ3n) is 0.842. The topological polar surface area (TPSA) is 65.8 Å². The minimum Gasteiger partial charge on any atom is -0.740 e. The molecule has 9 heavy (non-hydrogen) atoms. The Balaban J connectivity index is 3.25. The minimum atomic E-state index is -0.799. The molecule has 0 amide bonds. The zero-order valence-electron chi connectivity index (χ0n) is 4.41. The molecule has 0 aliphatic heterocycles. The number of anilines is 1. The number of hydrogen-bond acceptors (Lipinski definition) is 3. The zero-order chi connectivity index (χ0) is 6.85. The van der Waals surface area contributed by atoms with E-state index in [0.717, 1.165) is 12.5 Å². The van der Waals surface area contributed by atoms with Crippen LogP contribution in [0, 0.1) is 11.0 Å². The van der Waals surface area contributed by atoms with Gasteiger partial charge in [-0.3, -0.25) is 0 Å². The molecule has 0 bridgehead atoms. The largest absolute Gasteiger partial charge is 0.740 e. The highest BCUT2D eigenvalue weighted by molar-refractivity contribution is 5.19. The summed E-state index contributed by atoms with van der Waals surface area (Å²) in [6.07, 6.45) is 1.77. The van der Waals surface area contributed by atoms with Gasteiger partial charge in [-0.1, -0.05) is 0 Å². The number of aromatic nitrogens is 2. The van der Waals surface area contributed by atoms with Crippen LogP contribution >= 0.6 is 0 Å². The van der Waals surface area contributed by atoms with Crippen LogP contribution in [0.3, 0.4) is 0 Å². The van der Waals surface area contributed by atoms with Gasteiger partial charge in [0.2, 0.25) is 12.1 Å². The van der Waals surface area contributed by atoms with Crippen molar-refractivity contribution in [2.75, 3.05) is 5.73 Å². The summed E-state index contributed by atoms with van der Waals surface area (Å²) in [5, 5.41) is 10.3. The van der Waals surface area contributed by atoms with E-state index in [4.69, 9.17) is 5.73 Å². The van der Waals surface area contributed by atoms with Gasteiger partial charge in [-0.25, -0.2) is 4.73 Å². The second-order valence-corrected chi connectivity index (χ2v) is 1.45. The van der Waals surface area contributed by atoms with Crippen LogP contribution in [0.5, 0.6) is 0 Å². The van der Waals surface area contributed by atoms with E-state index >= 15 is 0 Å². The van der Waals surface area contributed by atoms with Crippen molar-refractivity contribution >= 4 is 5.82 Å². The summed E-state index contributed by atoms with van der Waals surface area (Å²) in [5.41, 5.74) is 4.92. The molecule has 0 fully saturated rings. The van der Waals surface area contributed by atoms with Crippen molar-refractivity contribution in [1.29, 1.82) is 0 Å². The Morgan fingerprint density at radius 1 is 1.78 bits per heavy atom. The summed E-state index contributed by atoms with van der Waals surface area (Å²) in [7, 11) is 0. The Labute approximate surface area is 50.3 Å². The van der Waals surface area contributed by atoms with Crippen LogP contribution in [0.4, 0.5) is 10.2 Å². The number of nitrogens with two attached hydrogens (primary N) is 1. The molecule has 0 saturated carbocycles. The number of rotatable bonds is 0. The Morgan fingerprint density at radius 2 is 2.44 bits per heavy atom. The fraction of sp³-hybridized carbons (Fsp3) is 0. The molecule has 4 nitrogen and oxygen atoms in total. The van der Waals surface area contributed by atoms with Gasteiger partial charge in [-0.2, -0.15) is 4.39 Å². The molecule has 0 saturated heterocycles. The maximum atomic E-state index is 12.2. The van der Waals surface area contributed by atoms with E-state index in [-0.39, 0.29) is 4.73 Å². The molecule has 1 heterocycles. The first-order valence-electron chi connectivity index (χ1n) is 2.20. The highest BCUT2D eigenvalue weighted by Gasteiger charge is 2.02. The first-order chi connectivity index (χ1) is 4.22. The zero-order valence-corrected chi connectivity index (χ0v) is 4.41. The maximum Gasteiger partial charge on any atom is 0.259 e. The molecule has 0 unspecified atom stereocenters. The van der Waals surface area contributed by atoms with Gasteiger partial charge in [-0.15, -0.1) is 4.98 Å². The van der Waals surface area contributed by atoms with Crippen LogP contribution in [0.25, 0.3) is 0 Å². The Morgan fingerprint density at radius 3 is 2.89 bits per heavy atom. The summed E-state index contributed by atoms with van der Waals surface area (Å²) < 4.78 is 12.3. The Bertz CT molecular complexity index is 207. The molecule has 2 N–H and O–H groups in total. The van der Waals surface area contributed by atoms with Crippen LogP contribution in [0.2, 0.25) is 0 Å². The molecule has 0 atom stereocenters. The van der Waals surface area contributed by atoms with Crippen LogP contribution in [0.1, 0.15) is 0 Å². The predicted octanol–water partition coefficient (Wildman–Crippen LogP) is -0.564. The normalized spacial score (nSPS) is 9.44. The summed E-state index contributed by atoms with van der Waals surface area (Å²) in [4.78, 5) is 3.24. The van der Waals surface area contributed by atoms with Crippen molar-refractivity contribution in [2.24, 2.45) is 0 Å². The van der Waals surface area contributed by atoms with Gasteiger partial charge in [0.1, 0.15) is 6.20 Å². The lowest BCUT2D eigenvalue weighted by Crippen LogP contribution is -2.31. The van der Waals surface area contributed by atoms with Gasteiger partial charge < -0.3 is 10.9 Å². The third-order valence-corrected chi connectivity index (χ3v) is 0.842. The summed E-state index contributed by atoms with van der Waals surface area (Å²) >= 11 is 0. The lowest BCUT2D eigenvalue weighted by Gasteiger charge is -2.02. The second-order valence-electron chi connectivity index (χ2n) is 1.45. The van der Waals surface area contributed by atoms with E-state index < -0.39 is 11.6 Å². The average molecular weight is 129 g/mol. The van der Waals surface area contributed by atoms with Crippen molar-refractivity contribution < 1.29 is 9.12 Å². The molecule has 0 aromatic carbocycles. The quantitative estimate of drug-likeness (QED) is 0.377. The molecular weight excluding hydrogens is 125 g/mol. The van der Waals surface area contributed by atoms with E-state index in [2.05, 4.69) is 4.98 Å². The van der Waals surface area contributed by atoms with Gasteiger partial charge in [0.25, 0.3) is 5.82 Å². The van der Waals surface area contributed by atoms with Gasteiger partial charge in [0, 0.05) is 0 Å². The number of halogens is 1. The number of nitrogen functional groups attached to an aromatic ring is 1. The Hall–Kier alpha value is -1.39.